The molecule has 2 atom stereocenters. The molecule has 0 radical (unpaired) electrons. The molecule has 1 aromatic rings. The lowest BCUT2D eigenvalue weighted by atomic mass is 10.1. The molecule has 2 heterocycles. The highest BCUT2D eigenvalue weighted by Gasteiger charge is 2.43. The highest BCUT2D eigenvalue weighted by Crippen LogP contribution is 2.21. The molecule has 90 valence electrons. The van der Waals surface area contributed by atoms with Crippen LogP contribution in [0, 0.1) is 0 Å². The number of carboxylic acids is 1. The summed E-state index contributed by atoms with van der Waals surface area (Å²) in [7, 11) is 0. The molecule has 1 N–H and O–H groups in total. The lowest BCUT2D eigenvalue weighted by molar-refractivity contribution is -0.142. The number of nitrogens with zero attached hydrogens (tertiary/aromatic N) is 2. The van der Waals surface area contributed by atoms with Crippen molar-refractivity contribution in [3.8, 4) is 0 Å². The first-order chi connectivity index (χ1) is 8.09. The molecule has 6 nitrogen and oxygen atoms in total. The number of carbonyl (C=O) groups is 2. The summed E-state index contributed by atoms with van der Waals surface area (Å²) in [5.41, 5.74) is 0.817. The zero-order valence-corrected chi connectivity index (χ0v) is 9.24. The zero-order chi connectivity index (χ0) is 12.4. The molecule has 0 aliphatic carbocycles. The number of hydrogen-bond donors (Lipinski definition) is 1. The van der Waals surface area contributed by atoms with Gasteiger partial charge in [-0.15, -0.1) is 0 Å². The van der Waals surface area contributed by atoms with Gasteiger partial charge in [-0.25, -0.2) is 9.59 Å². The third-order valence-corrected chi connectivity index (χ3v) is 2.66. The summed E-state index contributed by atoms with van der Waals surface area (Å²) in [6.07, 6.45) is 1.95. The van der Waals surface area contributed by atoms with Crippen LogP contribution in [-0.4, -0.2) is 39.2 Å². The third-order valence-electron chi connectivity index (χ3n) is 2.66. The number of cyclic esters (lactones) is 1. The van der Waals surface area contributed by atoms with Crippen LogP contribution in [0.15, 0.2) is 24.5 Å². The van der Waals surface area contributed by atoms with Crippen molar-refractivity contribution in [1.29, 1.82) is 0 Å². The summed E-state index contributed by atoms with van der Waals surface area (Å²) < 4.78 is 4.91. The minimum absolute atomic E-state index is 0.211. The molecule has 0 aromatic carbocycles. The fourth-order valence-corrected chi connectivity index (χ4v) is 1.84. The number of aliphatic carboxylic acids is 1. The highest BCUT2D eigenvalue weighted by molar-refractivity contribution is 5.83. The summed E-state index contributed by atoms with van der Waals surface area (Å²) in [6, 6.07) is 2.53. The first kappa shape index (κ1) is 11.4. The Morgan fingerprint density at radius 1 is 1.53 bits per heavy atom. The molecule has 1 aliphatic heterocycles. The second kappa shape index (κ2) is 4.40. The van der Waals surface area contributed by atoms with E-state index in [0.29, 0.717) is 0 Å². The van der Waals surface area contributed by atoms with E-state index in [1.54, 1.807) is 31.5 Å². The SMILES string of the molecule is CC1OC(=O)N(Cc2ccncc2)C1C(=O)O. The minimum atomic E-state index is -1.06. The summed E-state index contributed by atoms with van der Waals surface area (Å²) >= 11 is 0. The molecule has 2 unspecified atom stereocenters. The Bertz CT molecular complexity index is 434. The third kappa shape index (κ3) is 2.20. The Morgan fingerprint density at radius 2 is 2.18 bits per heavy atom. The topological polar surface area (TPSA) is 79.7 Å². The van der Waals surface area contributed by atoms with Crippen LogP contribution in [-0.2, 0) is 16.1 Å². The van der Waals surface area contributed by atoms with Crippen molar-refractivity contribution in [3.63, 3.8) is 0 Å². The smallest absolute Gasteiger partial charge is 0.411 e. The highest BCUT2D eigenvalue weighted by atomic mass is 16.6. The molecule has 17 heavy (non-hydrogen) atoms. The van der Waals surface area contributed by atoms with Crippen molar-refractivity contribution in [3.05, 3.63) is 30.1 Å². The van der Waals surface area contributed by atoms with E-state index in [2.05, 4.69) is 4.98 Å². The fourth-order valence-electron chi connectivity index (χ4n) is 1.84. The van der Waals surface area contributed by atoms with Gasteiger partial charge >= 0.3 is 12.1 Å². The van der Waals surface area contributed by atoms with E-state index in [9.17, 15) is 9.59 Å². The molecule has 0 bridgehead atoms. The van der Waals surface area contributed by atoms with Crippen molar-refractivity contribution in [1.82, 2.24) is 9.88 Å². The van der Waals surface area contributed by atoms with Crippen LogP contribution in [0.1, 0.15) is 12.5 Å². The summed E-state index contributed by atoms with van der Waals surface area (Å²) in [6.45, 7) is 1.78. The molecule has 1 amide bonds. The second-order valence-electron chi connectivity index (χ2n) is 3.86. The first-order valence-electron chi connectivity index (χ1n) is 5.18. The Morgan fingerprint density at radius 3 is 2.76 bits per heavy atom. The number of ether oxygens (including phenoxy) is 1. The average molecular weight is 236 g/mol. The average Bonchev–Trinajstić information content (AvgIpc) is 2.55. The van der Waals surface area contributed by atoms with Crippen molar-refractivity contribution in [2.45, 2.75) is 25.6 Å². The molecular formula is C11H12N2O4. The maximum atomic E-state index is 11.5. The van der Waals surface area contributed by atoms with Gasteiger partial charge in [-0.05, 0) is 24.6 Å². The molecule has 0 spiro atoms. The predicted octanol–water partition coefficient (Wildman–Crippen LogP) is 0.875. The van der Waals surface area contributed by atoms with Gasteiger partial charge in [0.15, 0.2) is 6.04 Å². The van der Waals surface area contributed by atoms with E-state index in [-0.39, 0.29) is 6.54 Å². The molecule has 1 aromatic heterocycles. The molecule has 1 aliphatic rings. The van der Waals surface area contributed by atoms with Gasteiger partial charge < -0.3 is 9.84 Å². The maximum absolute atomic E-state index is 11.5. The summed E-state index contributed by atoms with van der Waals surface area (Å²) in [5.74, 6) is -1.06. The van der Waals surface area contributed by atoms with Gasteiger partial charge in [0, 0.05) is 12.4 Å². The zero-order valence-electron chi connectivity index (χ0n) is 9.24. The van der Waals surface area contributed by atoms with Gasteiger partial charge in [0.2, 0.25) is 0 Å². The van der Waals surface area contributed by atoms with Crippen LogP contribution in [0.4, 0.5) is 4.79 Å². The van der Waals surface area contributed by atoms with Crippen molar-refractivity contribution in [2.75, 3.05) is 0 Å². The van der Waals surface area contributed by atoms with E-state index in [0.717, 1.165) is 5.56 Å². The first-order valence-corrected chi connectivity index (χ1v) is 5.18. The van der Waals surface area contributed by atoms with Gasteiger partial charge in [0.05, 0.1) is 6.54 Å². The number of amides is 1. The normalized spacial score (nSPS) is 23.6. The van der Waals surface area contributed by atoms with Crippen LogP contribution in [0.5, 0.6) is 0 Å². The Labute approximate surface area is 97.8 Å². The lowest BCUT2D eigenvalue weighted by Gasteiger charge is -2.19. The molecule has 6 heteroatoms. The van der Waals surface area contributed by atoms with Gasteiger partial charge in [0.25, 0.3) is 0 Å². The quantitative estimate of drug-likeness (QED) is 0.842. The van der Waals surface area contributed by atoms with Crippen LogP contribution in [0.2, 0.25) is 0 Å². The molecule has 1 fully saturated rings. The summed E-state index contributed by atoms with van der Waals surface area (Å²) in [4.78, 5) is 27.7. The van der Waals surface area contributed by atoms with Crippen molar-refractivity contribution in [2.24, 2.45) is 0 Å². The molecule has 1 saturated heterocycles. The fraction of sp³-hybridized carbons (Fsp3) is 0.364. The van der Waals surface area contributed by atoms with E-state index in [1.165, 1.54) is 4.90 Å². The number of aromatic nitrogens is 1. The van der Waals surface area contributed by atoms with Gasteiger partial charge in [-0.1, -0.05) is 0 Å². The van der Waals surface area contributed by atoms with Gasteiger partial charge in [-0.3, -0.25) is 9.88 Å². The minimum Gasteiger partial charge on any atom is -0.480 e. The number of rotatable bonds is 3. The number of pyridine rings is 1. The van der Waals surface area contributed by atoms with Crippen LogP contribution in [0.3, 0.4) is 0 Å². The lowest BCUT2D eigenvalue weighted by Crippen LogP contribution is -2.41. The van der Waals surface area contributed by atoms with Crippen molar-refractivity contribution >= 4 is 12.1 Å². The van der Waals surface area contributed by atoms with Crippen LogP contribution < -0.4 is 0 Å². The number of carbonyl (C=O) groups excluding carboxylic acids is 1. The molecular weight excluding hydrogens is 224 g/mol. The molecule has 0 saturated carbocycles. The summed E-state index contributed by atoms with van der Waals surface area (Å²) in [5, 5.41) is 9.06. The predicted molar refractivity (Wildman–Crippen MR) is 57.1 cm³/mol. The van der Waals surface area contributed by atoms with Crippen molar-refractivity contribution < 1.29 is 19.4 Å². The van der Waals surface area contributed by atoms with Gasteiger partial charge in [0.1, 0.15) is 6.10 Å². The van der Waals surface area contributed by atoms with Crippen LogP contribution in [0.25, 0.3) is 0 Å². The van der Waals surface area contributed by atoms with Crippen LogP contribution >= 0.6 is 0 Å². The number of carboxylic acid groups (broad SMARTS) is 1. The van der Waals surface area contributed by atoms with E-state index >= 15 is 0 Å². The molecule has 2 rings (SSSR count). The standard InChI is InChI=1S/C11H12N2O4/c1-7-9(10(14)15)13(11(16)17-7)6-8-2-4-12-5-3-8/h2-5,7,9H,6H2,1H3,(H,14,15). The van der Waals surface area contributed by atoms with E-state index in [4.69, 9.17) is 9.84 Å². The second-order valence-corrected chi connectivity index (χ2v) is 3.86. The Kier molecular flexibility index (Phi) is 2.95. The largest absolute Gasteiger partial charge is 0.480 e. The Hall–Kier alpha value is -2.11. The monoisotopic (exact) mass is 236 g/mol. The van der Waals surface area contributed by atoms with E-state index in [1.807, 2.05) is 0 Å². The number of hydrogen-bond acceptors (Lipinski definition) is 4. The maximum Gasteiger partial charge on any atom is 0.411 e. The van der Waals surface area contributed by atoms with Gasteiger partial charge in [-0.2, -0.15) is 0 Å². The van der Waals surface area contributed by atoms with E-state index < -0.39 is 24.2 Å². The Balaban J connectivity index is 2.18.